The second kappa shape index (κ2) is 3.94. The van der Waals surface area contributed by atoms with E-state index in [2.05, 4.69) is 13.8 Å². The van der Waals surface area contributed by atoms with Crippen LogP contribution in [0.4, 0.5) is 0 Å². The number of Topliss-reactive ketones (excluding diaryl/α,β-unsaturated/α-hetero) is 1. The number of rotatable bonds is 3. The lowest BCUT2D eigenvalue weighted by molar-refractivity contribution is -0.116. The summed E-state index contributed by atoms with van der Waals surface area (Å²) in [6.45, 7) is 7.88. The Bertz CT molecular complexity index is 99.1. The fourth-order valence-corrected chi connectivity index (χ4v) is 1.66. The maximum atomic E-state index is 10.7. The molecule has 9 heavy (non-hydrogen) atoms. The molecule has 0 spiro atoms. The first-order valence-corrected chi connectivity index (χ1v) is 4.27. The molecule has 0 aromatic rings. The van der Waals surface area contributed by atoms with Crippen LogP contribution in [0.3, 0.4) is 0 Å². The molecule has 0 saturated heterocycles. The number of ketones is 1. The van der Waals surface area contributed by atoms with Gasteiger partial charge in [-0.2, -0.15) is 0 Å². The highest BCUT2D eigenvalue weighted by atomic mass is 32.2. The fourth-order valence-electron chi connectivity index (χ4n) is 0.552. The Morgan fingerprint density at radius 1 is 1.33 bits per heavy atom. The molecular formula is C7H15OS+. The minimum Gasteiger partial charge on any atom is -0.294 e. The second-order valence-corrected chi connectivity index (χ2v) is 4.63. The van der Waals surface area contributed by atoms with Crippen LogP contribution in [-0.4, -0.2) is 16.3 Å². The smallest absolute Gasteiger partial charge is 0.181 e. The zero-order valence-corrected chi connectivity index (χ0v) is 7.40. The highest BCUT2D eigenvalue weighted by molar-refractivity contribution is 7.80. The van der Waals surface area contributed by atoms with Crippen molar-refractivity contribution in [3.63, 3.8) is 0 Å². The Kier molecular flexibility index (Phi) is 3.95. The van der Waals surface area contributed by atoms with E-state index in [-0.39, 0.29) is 5.25 Å². The summed E-state index contributed by atoms with van der Waals surface area (Å²) in [5.41, 5.74) is 0. The maximum Gasteiger partial charge on any atom is 0.181 e. The standard InChI is InChI=1S/C7H14OS/c1-5(2)9-7(4)6(3)8/h5,7H,1-4H3/p+1. The SMILES string of the molecule is CC(=O)C(C)[SH+]C(C)C. The second-order valence-electron chi connectivity index (χ2n) is 2.53. The van der Waals surface area contributed by atoms with Crippen molar-refractivity contribution in [1.82, 2.24) is 0 Å². The third-order valence-electron chi connectivity index (χ3n) is 1.11. The number of thiol groups is 1. The average Bonchev–Trinajstić information content (AvgIpc) is 1.63. The summed E-state index contributed by atoms with van der Waals surface area (Å²) in [5.74, 6) is 0.297. The summed E-state index contributed by atoms with van der Waals surface area (Å²) in [4.78, 5) is 10.7. The van der Waals surface area contributed by atoms with E-state index in [0.717, 1.165) is 0 Å². The van der Waals surface area contributed by atoms with E-state index in [1.807, 2.05) is 6.92 Å². The van der Waals surface area contributed by atoms with Crippen LogP contribution in [0.2, 0.25) is 0 Å². The molecule has 0 saturated carbocycles. The molecule has 0 N–H and O–H groups in total. The molecule has 0 amide bonds. The molecule has 54 valence electrons. The minimum atomic E-state index is 0.227. The van der Waals surface area contributed by atoms with Crippen molar-refractivity contribution in [3.05, 3.63) is 0 Å². The lowest BCUT2D eigenvalue weighted by Gasteiger charge is -1.99. The maximum absolute atomic E-state index is 10.7. The number of hydrogen-bond acceptors (Lipinski definition) is 1. The molecule has 0 aromatic heterocycles. The summed E-state index contributed by atoms with van der Waals surface area (Å²) in [7, 11) is 0. The predicted octanol–water partition coefficient (Wildman–Crippen LogP) is 1.19. The highest BCUT2D eigenvalue weighted by Crippen LogP contribution is 1.98. The molecule has 0 aromatic carbocycles. The average molecular weight is 147 g/mol. The molecule has 1 unspecified atom stereocenters. The topological polar surface area (TPSA) is 17.1 Å². The zero-order chi connectivity index (χ0) is 7.44. The van der Waals surface area contributed by atoms with Crippen LogP contribution in [0, 0.1) is 0 Å². The van der Waals surface area contributed by atoms with Crippen LogP contribution < -0.4 is 0 Å². The van der Waals surface area contributed by atoms with Crippen molar-refractivity contribution in [2.75, 3.05) is 0 Å². The minimum absolute atomic E-state index is 0.227. The van der Waals surface area contributed by atoms with Gasteiger partial charge in [-0.1, -0.05) is 0 Å². The van der Waals surface area contributed by atoms with E-state index in [0.29, 0.717) is 11.0 Å². The van der Waals surface area contributed by atoms with Crippen LogP contribution in [0.1, 0.15) is 27.7 Å². The van der Waals surface area contributed by atoms with Crippen LogP contribution in [0.25, 0.3) is 0 Å². The van der Waals surface area contributed by atoms with E-state index in [9.17, 15) is 4.79 Å². The molecule has 0 rings (SSSR count). The van der Waals surface area contributed by atoms with Gasteiger partial charge in [-0.3, -0.25) is 4.79 Å². The van der Waals surface area contributed by atoms with Crippen molar-refractivity contribution in [1.29, 1.82) is 0 Å². The van der Waals surface area contributed by atoms with Gasteiger partial charge in [0.25, 0.3) is 0 Å². The van der Waals surface area contributed by atoms with Crippen LogP contribution in [-0.2, 0) is 16.6 Å². The van der Waals surface area contributed by atoms with Gasteiger partial charge in [0, 0.05) is 0 Å². The Balaban J connectivity index is 3.50. The van der Waals surface area contributed by atoms with Crippen molar-refractivity contribution < 1.29 is 4.79 Å². The Labute approximate surface area is 61.2 Å². The van der Waals surface area contributed by atoms with Crippen molar-refractivity contribution in [2.45, 2.75) is 38.2 Å². The van der Waals surface area contributed by atoms with Gasteiger partial charge in [0.2, 0.25) is 0 Å². The van der Waals surface area contributed by atoms with Gasteiger partial charge in [0.15, 0.2) is 11.0 Å². The summed E-state index contributed by atoms with van der Waals surface area (Å²) in [6.07, 6.45) is 0. The lowest BCUT2D eigenvalue weighted by atomic mass is 10.3. The summed E-state index contributed by atoms with van der Waals surface area (Å²) >= 11 is 1.25. The number of carbonyl (C=O) groups excluding carboxylic acids is 1. The molecule has 1 nitrogen and oxygen atoms in total. The molecule has 0 heterocycles. The van der Waals surface area contributed by atoms with Gasteiger partial charge in [0.05, 0.1) is 0 Å². The van der Waals surface area contributed by atoms with E-state index in [1.165, 1.54) is 11.8 Å². The normalized spacial score (nSPS) is 13.9. The zero-order valence-electron chi connectivity index (χ0n) is 6.51. The molecule has 0 radical (unpaired) electrons. The van der Waals surface area contributed by atoms with Gasteiger partial charge in [-0.15, -0.1) is 0 Å². The van der Waals surface area contributed by atoms with Gasteiger partial charge in [0.1, 0.15) is 5.25 Å². The van der Waals surface area contributed by atoms with Gasteiger partial charge < -0.3 is 0 Å². The molecule has 0 bridgehead atoms. The highest BCUT2D eigenvalue weighted by Gasteiger charge is 2.17. The summed E-state index contributed by atoms with van der Waals surface area (Å²) < 4.78 is 0. The fraction of sp³-hybridized carbons (Fsp3) is 0.857. The first-order chi connectivity index (χ1) is 4.04. The molecule has 2 heteroatoms. The monoisotopic (exact) mass is 147 g/mol. The van der Waals surface area contributed by atoms with Crippen molar-refractivity contribution >= 4 is 17.5 Å². The van der Waals surface area contributed by atoms with Gasteiger partial charge in [-0.25, -0.2) is 0 Å². The summed E-state index contributed by atoms with van der Waals surface area (Å²) in [5, 5.41) is 0.842. The third kappa shape index (κ3) is 4.52. The first-order valence-electron chi connectivity index (χ1n) is 3.24. The third-order valence-corrected chi connectivity index (χ3v) is 2.52. The molecule has 0 aliphatic carbocycles. The van der Waals surface area contributed by atoms with Gasteiger partial charge >= 0.3 is 0 Å². The van der Waals surface area contributed by atoms with Crippen molar-refractivity contribution in [3.8, 4) is 0 Å². The molecular weight excluding hydrogens is 132 g/mol. The lowest BCUT2D eigenvalue weighted by Crippen LogP contribution is -2.20. The molecule has 0 fully saturated rings. The number of carbonyl (C=O) groups is 1. The Morgan fingerprint density at radius 2 is 1.78 bits per heavy atom. The quantitative estimate of drug-likeness (QED) is 0.433. The van der Waals surface area contributed by atoms with E-state index in [4.69, 9.17) is 0 Å². The van der Waals surface area contributed by atoms with Crippen LogP contribution >= 0.6 is 0 Å². The van der Waals surface area contributed by atoms with E-state index >= 15 is 0 Å². The van der Waals surface area contributed by atoms with Crippen LogP contribution in [0.5, 0.6) is 0 Å². The van der Waals surface area contributed by atoms with Gasteiger partial charge in [-0.05, 0) is 39.5 Å². The summed E-state index contributed by atoms with van der Waals surface area (Å²) in [6, 6.07) is 0. The van der Waals surface area contributed by atoms with Crippen LogP contribution in [0.15, 0.2) is 0 Å². The first kappa shape index (κ1) is 9.02. The van der Waals surface area contributed by atoms with E-state index < -0.39 is 0 Å². The van der Waals surface area contributed by atoms with E-state index in [1.54, 1.807) is 6.92 Å². The number of hydrogen-bond donors (Lipinski definition) is 0. The Morgan fingerprint density at radius 3 is 1.89 bits per heavy atom. The Hall–Kier alpha value is 0.0200. The molecule has 1 atom stereocenters. The molecule has 0 aliphatic rings. The largest absolute Gasteiger partial charge is 0.294 e. The predicted molar refractivity (Wildman–Crippen MR) is 44.0 cm³/mol. The molecule has 0 aliphatic heterocycles. The van der Waals surface area contributed by atoms with Crippen molar-refractivity contribution in [2.24, 2.45) is 0 Å².